The van der Waals surface area contributed by atoms with E-state index in [4.69, 9.17) is 5.11 Å². The Hall–Kier alpha value is -1.26. The van der Waals surface area contributed by atoms with Crippen molar-refractivity contribution in [3.05, 3.63) is 0 Å². The Morgan fingerprint density at radius 3 is 2.53 bits per heavy atom. The highest BCUT2D eigenvalue weighted by atomic mass is 16.4. The Kier molecular flexibility index (Phi) is 7.40. The Balaban J connectivity index is 3.55. The minimum Gasteiger partial charge on any atom is -0.481 e. The van der Waals surface area contributed by atoms with Crippen LogP contribution in [0.15, 0.2) is 0 Å². The Labute approximate surface area is 90.5 Å². The molecule has 5 nitrogen and oxygen atoms in total. The number of hydrogen-bond donors (Lipinski definition) is 2. The predicted molar refractivity (Wildman–Crippen MR) is 57.8 cm³/mol. The summed E-state index contributed by atoms with van der Waals surface area (Å²) < 4.78 is 0. The van der Waals surface area contributed by atoms with Crippen LogP contribution in [0.4, 0.5) is 4.79 Å². The van der Waals surface area contributed by atoms with Gasteiger partial charge in [0.15, 0.2) is 0 Å². The smallest absolute Gasteiger partial charge is 0.317 e. The first-order valence-corrected chi connectivity index (χ1v) is 5.28. The summed E-state index contributed by atoms with van der Waals surface area (Å²) >= 11 is 0. The minimum atomic E-state index is -0.824. The molecule has 0 aromatic carbocycles. The highest BCUT2D eigenvalue weighted by Gasteiger charge is 2.07. The van der Waals surface area contributed by atoms with Gasteiger partial charge in [-0.3, -0.25) is 4.79 Å². The molecule has 0 unspecified atom stereocenters. The molecule has 0 saturated carbocycles. The average Bonchev–Trinajstić information content (AvgIpc) is 2.17. The molecular formula is C10H20N2O3. The summed E-state index contributed by atoms with van der Waals surface area (Å²) in [4.78, 5) is 23.1. The van der Waals surface area contributed by atoms with Crippen molar-refractivity contribution in [3.8, 4) is 0 Å². The van der Waals surface area contributed by atoms with Crippen LogP contribution in [-0.4, -0.2) is 42.1 Å². The van der Waals surface area contributed by atoms with E-state index < -0.39 is 5.97 Å². The normalized spacial score (nSPS) is 9.73. The molecular weight excluding hydrogens is 196 g/mol. The first-order chi connectivity index (χ1) is 7.07. The molecule has 2 N–H and O–H groups in total. The zero-order valence-electron chi connectivity index (χ0n) is 9.45. The topological polar surface area (TPSA) is 69.6 Å². The number of rotatable bonds is 7. The molecule has 0 spiro atoms. The second kappa shape index (κ2) is 8.08. The molecule has 0 fully saturated rings. The highest BCUT2D eigenvalue weighted by molar-refractivity contribution is 5.73. The van der Waals surface area contributed by atoms with Crippen LogP contribution < -0.4 is 5.32 Å². The second-order valence-electron chi connectivity index (χ2n) is 3.50. The molecule has 0 rings (SSSR count). The minimum absolute atomic E-state index is 0.104. The summed E-state index contributed by atoms with van der Waals surface area (Å²) in [5.74, 6) is -0.824. The van der Waals surface area contributed by atoms with Crippen LogP contribution in [0.1, 0.15) is 32.6 Å². The first-order valence-electron chi connectivity index (χ1n) is 5.28. The lowest BCUT2D eigenvalue weighted by molar-refractivity contribution is -0.137. The van der Waals surface area contributed by atoms with Crippen molar-refractivity contribution >= 4 is 12.0 Å². The summed E-state index contributed by atoms with van der Waals surface area (Å²) in [6, 6.07) is -0.131. The van der Waals surface area contributed by atoms with Gasteiger partial charge in [-0.1, -0.05) is 13.3 Å². The fraction of sp³-hybridized carbons (Fsp3) is 0.800. The number of aliphatic carboxylic acids is 1. The van der Waals surface area contributed by atoms with E-state index in [0.29, 0.717) is 19.5 Å². The molecule has 2 amide bonds. The third kappa shape index (κ3) is 7.78. The Bertz CT molecular complexity index is 207. The van der Waals surface area contributed by atoms with Gasteiger partial charge in [-0.2, -0.15) is 0 Å². The Morgan fingerprint density at radius 1 is 1.33 bits per heavy atom. The van der Waals surface area contributed by atoms with E-state index in [2.05, 4.69) is 12.2 Å². The zero-order chi connectivity index (χ0) is 11.7. The third-order valence-corrected chi connectivity index (χ3v) is 2.04. The van der Waals surface area contributed by atoms with Crippen LogP contribution in [0.3, 0.4) is 0 Å². The number of hydrogen-bond acceptors (Lipinski definition) is 2. The van der Waals surface area contributed by atoms with Gasteiger partial charge in [0.1, 0.15) is 0 Å². The summed E-state index contributed by atoms with van der Waals surface area (Å²) in [6.07, 6.45) is 2.61. The standard InChI is InChI=1S/C10H20N2O3/c1-3-4-7-11-10(15)12(2)8-5-6-9(13)14/h3-8H2,1-2H3,(H,11,15)(H,13,14). The van der Waals surface area contributed by atoms with Crippen LogP contribution in [0.25, 0.3) is 0 Å². The quantitative estimate of drug-likeness (QED) is 0.630. The number of unbranched alkanes of at least 4 members (excludes halogenated alkanes) is 1. The molecule has 0 aliphatic carbocycles. The van der Waals surface area contributed by atoms with Crippen molar-refractivity contribution in [2.24, 2.45) is 0 Å². The summed E-state index contributed by atoms with van der Waals surface area (Å²) in [5, 5.41) is 11.2. The van der Waals surface area contributed by atoms with E-state index in [1.807, 2.05) is 0 Å². The number of carbonyl (C=O) groups excluding carboxylic acids is 1. The maximum absolute atomic E-state index is 11.4. The fourth-order valence-electron chi connectivity index (χ4n) is 1.08. The van der Waals surface area contributed by atoms with Gasteiger partial charge >= 0.3 is 12.0 Å². The van der Waals surface area contributed by atoms with E-state index in [1.54, 1.807) is 7.05 Å². The summed E-state index contributed by atoms with van der Waals surface area (Å²) in [5.41, 5.74) is 0. The molecule has 0 atom stereocenters. The molecule has 88 valence electrons. The molecule has 0 radical (unpaired) electrons. The molecule has 0 heterocycles. The van der Waals surface area contributed by atoms with Gasteiger partial charge in [0.2, 0.25) is 0 Å². The second-order valence-corrected chi connectivity index (χ2v) is 3.50. The van der Waals surface area contributed by atoms with E-state index in [9.17, 15) is 9.59 Å². The van der Waals surface area contributed by atoms with Crippen LogP contribution in [0, 0.1) is 0 Å². The predicted octanol–water partition coefficient (Wildman–Crippen LogP) is 1.29. The number of amides is 2. The molecule has 0 bridgehead atoms. The lowest BCUT2D eigenvalue weighted by atomic mass is 10.3. The average molecular weight is 216 g/mol. The summed E-state index contributed by atoms with van der Waals surface area (Å²) in [6.45, 7) is 3.21. The zero-order valence-corrected chi connectivity index (χ0v) is 9.45. The summed E-state index contributed by atoms with van der Waals surface area (Å²) in [7, 11) is 1.67. The van der Waals surface area contributed by atoms with Crippen molar-refractivity contribution in [2.45, 2.75) is 32.6 Å². The van der Waals surface area contributed by atoms with Gasteiger partial charge in [0.05, 0.1) is 0 Å². The van der Waals surface area contributed by atoms with E-state index >= 15 is 0 Å². The van der Waals surface area contributed by atoms with Crippen LogP contribution in [0.2, 0.25) is 0 Å². The van der Waals surface area contributed by atoms with Crippen molar-refractivity contribution in [2.75, 3.05) is 20.1 Å². The van der Waals surface area contributed by atoms with Crippen LogP contribution >= 0.6 is 0 Å². The van der Waals surface area contributed by atoms with Crippen LogP contribution in [0.5, 0.6) is 0 Å². The molecule has 0 aromatic rings. The van der Waals surface area contributed by atoms with Crippen molar-refractivity contribution in [1.29, 1.82) is 0 Å². The lowest BCUT2D eigenvalue weighted by Crippen LogP contribution is -2.38. The van der Waals surface area contributed by atoms with Crippen LogP contribution in [-0.2, 0) is 4.79 Å². The van der Waals surface area contributed by atoms with Gasteiger partial charge in [0, 0.05) is 26.6 Å². The van der Waals surface area contributed by atoms with Gasteiger partial charge in [-0.25, -0.2) is 4.79 Å². The maximum atomic E-state index is 11.4. The molecule has 15 heavy (non-hydrogen) atoms. The first kappa shape index (κ1) is 13.7. The highest BCUT2D eigenvalue weighted by Crippen LogP contribution is 1.94. The number of urea groups is 1. The monoisotopic (exact) mass is 216 g/mol. The van der Waals surface area contributed by atoms with Crippen molar-refractivity contribution < 1.29 is 14.7 Å². The maximum Gasteiger partial charge on any atom is 0.317 e. The number of nitrogens with one attached hydrogen (secondary N) is 1. The molecule has 5 heteroatoms. The van der Waals surface area contributed by atoms with E-state index in [-0.39, 0.29) is 12.5 Å². The molecule has 0 aliphatic heterocycles. The SMILES string of the molecule is CCCCNC(=O)N(C)CCCC(=O)O. The van der Waals surface area contributed by atoms with Gasteiger partial charge in [-0.05, 0) is 12.8 Å². The van der Waals surface area contributed by atoms with E-state index in [1.165, 1.54) is 4.90 Å². The largest absolute Gasteiger partial charge is 0.481 e. The van der Waals surface area contributed by atoms with Gasteiger partial charge < -0.3 is 15.3 Å². The molecule has 0 saturated heterocycles. The van der Waals surface area contributed by atoms with E-state index in [0.717, 1.165) is 12.8 Å². The number of carboxylic acids is 1. The Morgan fingerprint density at radius 2 is 2.00 bits per heavy atom. The number of carbonyl (C=O) groups is 2. The van der Waals surface area contributed by atoms with Gasteiger partial charge in [-0.15, -0.1) is 0 Å². The fourth-order valence-corrected chi connectivity index (χ4v) is 1.08. The van der Waals surface area contributed by atoms with Gasteiger partial charge in [0.25, 0.3) is 0 Å². The number of nitrogens with zero attached hydrogens (tertiary/aromatic N) is 1. The van der Waals surface area contributed by atoms with Crippen molar-refractivity contribution in [3.63, 3.8) is 0 Å². The lowest BCUT2D eigenvalue weighted by Gasteiger charge is -2.17. The number of carboxylic acid groups (broad SMARTS) is 1. The molecule has 0 aromatic heterocycles. The third-order valence-electron chi connectivity index (χ3n) is 2.04. The van der Waals surface area contributed by atoms with Crippen molar-refractivity contribution in [1.82, 2.24) is 10.2 Å². The molecule has 0 aliphatic rings.